The lowest BCUT2D eigenvalue weighted by Crippen LogP contribution is -2.52. The van der Waals surface area contributed by atoms with Gasteiger partial charge in [-0.05, 0) is 31.5 Å². The lowest BCUT2D eigenvalue weighted by atomic mass is 10.1. The van der Waals surface area contributed by atoms with Gasteiger partial charge in [0.2, 0.25) is 5.91 Å². The molecule has 1 amide bonds. The van der Waals surface area contributed by atoms with E-state index >= 15 is 0 Å². The van der Waals surface area contributed by atoms with Gasteiger partial charge in [0, 0.05) is 25.2 Å². The number of nitrogens with one attached hydrogen (secondary N) is 1. The van der Waals surface area contributed by atoms with E-state index in [0.29, 0.717) is 25.0 Å². The molecule has 2 rings (SSSR count). The summed E-state index contributed by atoms with van der Waals surface area (Å²) in [6.07, 6.45) is 0.378. The van der Waals surface area contributed by atoms with Crippen LogP contribution in [-0.2, 0) is 16.0 Å². The van der Waals surface area contributed by atoms with Gasteiger partial charge in [0.05, 0.1) is 26.7 Å². The Bertz CT molecular complexity index is 493. The van der Waals surface area contributed by atoms with Gasteiger partial charge in [-0.2, -0.15) is 0 Å². The van der Waals surface area contributed by atoms with Crippen LogP contribution in [0.15, 0.2) is 24.3 Å². The first-order valence-corrected chi connectivity index (χ1v) is 7.83. The second-order valence-corrected chi connectivity index (χ2v) is 5.84. The first-order chi connectivity index (χ1) is 10.6. The summed E-state index contributed by atoms with van der Waals surface area (Å²) in [5.74, 6) is 0.821. The molecule has 1 N–H and O–H groups in total. The van der Waals surface area contributed by atoms with Crippen LogP contribution in [-0.4, -0.2) is 56.3 Å². The Morgan fingerprint density at radius 3 is 3.09 bits per heavy atom. The molecule has 122 valence electrons. The van der Waals surface area contributed by atoms with Gasteiger partial charge in [-0.3, -0.25) is 9.69 Å². The number of hydrogen-bond acceptors (Lipinski definition) is 4. The van der Waals surface area contributed by atoms with Crippen molar-refractivity contribution >= 4 is 5.91 Å². The van der Waals surface area contributed by atoms with Gasteiger partial charge in [-0.15, -0.1) is 0 Å². The molecular weight excluding hydrogens is 280 g/mol. The number of benzene rings is 1. The summed E-state index contributed by atoms with van der Waals surface area (Å²) >= 11 is 0. The third-order valence-corrected chi connectivity index (χ3v) is 4.08. The van der Waals surface area contributed by atoms with Crippen molar-refractivity contribution in [2.75, 3.05) is 33.4 Å². The first kappa shape index (κ1) is 16.8. The summed E-state index contributed by atoms with van der Waals surface area (Å²) < 4.78 is 10.6. The number of methoxy groups -OCH3 is 1. The molecule has 0 aromatic heterocycles. The molecule has 1 aromatic rings. The summed E-state index contributed by atoms with van der Waals surface area (Å²) in [4.78, 5) is 14.5. The highest BCUT2D eigenvalue weighted by Gasteiger charge is 2.23. The number of amides is 1. The summed E-state index contributed by atoms with van der Waals surface area (Å²) in [6, 6.07) is 8.33. The molecule has 1 heterocycles. The Morgan fingerprint density at radius 2 is 2.36 bits per heavy atom. The van der Waals surface area contributed by atoms with Crippen LogP contribution in [0.2, 0.25) is 0 Å². The minimum absolute atomic E-state index is 0.0426. The predicted octanol–water partition coefficient (Wildman–Crippen LogP) is 1.46. The van der Waals surface area contributed by atoms with Crippen molar-refractivity contribution in [1.82, 2.24) is 10.2 Å². The van der Waals surface area contributed by atoms with Gasteiger partial charge in [0.15, 0.2) is 0 Å². The molecule has 0 bridgehead atoms. The van der Waals surface area contributed by atoms with Crippen molar-refractivity contribution in [1.29, 1.82) is 0 Å². The Labute approximate surface area is 132 Å². The third-order valence-electron chi connectivity index (χ3n) is 4.08. The lowest BCUT2D eigenvalue weighted by Gasteiger charge is -2.37. The topological polar surface area (TPSA) is 50.8 Å². The second-order valence-electron chi connectivity index (χ2n) is 5.84. The molecule has 5 nitrogen and oxygen atoms in total. The van der Waals surface area contributed by atoms with E-state index in [4.69, 9.17) is 9.47 Å². The van der Waals surface area contributed by atoms with Crippen LogP contribution < -0.4 is 10.1 Å². The zero-order chi connectivity index (χ0) is 15.9. The van der Waals surface area contributed by atoms with E-state index in [0.717, 1.165) is 31.1 Å². The van der Waals surface area contributed by atoms with Crippen LogP contribution in [0, 0.1) is 0 Å². The van der Waals surface area contributed by atoms with Crippen molar-refractivity contribution in [3.8, 4) is 5.75 Å². The van der Waals surface area contributed by atoms with Crippen LogP contribution in [0.3, 0.4) is 0 Å². The van der Waals surface area contributed by atoms with Gasteiger partial charge in [-0.1, -0.05) is 12.1 Å². The molecule has 0 unspecified atom stereocenters. The van der Waals surface area contributed by atoms with Crippen LogP contribution in [0.5, 0.6) is 5.75 Å². The normalized spacial score (nSPS) is 20.4. The average molecular weight is 306 g/mol. The number of carbonyl (C=O) groups is 1. The van der Waals surface area contributed by atoms with E-state index in [9.17, 15) is 4.79 Å². The highest BCUT2D eigenvalue weighted by Crippen LogP contribution is 2.13. The minimum Gasteiger partial charge on any atom is -0.497 e. The molecule has 1 aromatic carbocycles. The van der Waals surface area contributed by atoms with Gasteiger partial charge in [0.25, 0.3) is 0 Å². The molecule has 0 radical (unpaired) electrons. The van der Waals surface area contributed by atoms with Crippen molar-refractivity contribution in [3.05, 3.63) is 29.8 Å². The molecule has 1 fully saturated rings. The van der Waals surface area contributed by atoms with E-state index in [-0.39, 0.29) is 5.91 Å². The molecule has 22 heavy (non-hydrogen) atoms. The van der Waals surface area contributed by atoms with Crippen molar-refractivity contribution in [2.45, 2.75) is 32.4 Å². The average Bonchev–Trinajstić information content (AvgIpc) is 2.53. The Balaban J connectivity index is 1.79. The number of ether oxygens (including phenoxy) is 2. The number of rotatable bonds is 6. The number of hydrogen-bond donors (Lipinski definition) is 1. The molecule has 0 spiro atoms. The molecule has 5 heteroatoms. The van der Waals surface area contributed by atoms with Crippen molar-refractivity contribution < 1.29 is 14.3 Å². The van der Waals surface area contributed by atoms with Gasteiger partial charge < -0.3 is 14.8 Å². The van der Waals surface area contributed by atoms with Crippen molar-refractivity contribution in [2.24, 2.45) is 0 Å². The predicted molar refractivity (Wildman–Crippen MR) is 86.2 cm³/mol. The zero-order valence-corrected chi connectivity index (χ0v) is 13.7. The summed E-state index contributed by atoms with van der Waals surface area (Å²) in [7, 11) is 1.63. The maximum atomic E-state index is 12.1. The van der Waals surface area contributed by atoms with Crippen molar-refractivity contribution in [3.63, 3.8) is 0 Å². The quantitative estimate of drug-likeness (QED) is 0.864. The Morgan fingerprint density at radius 1 is 1.55 bits per heavy atom. The monoisotopic (exact) mass is 306 g/mol. The van der Waals surface area contributed by atoms with E-state index in [2.05, 4.69) is 24.1 Å². The number of carbonyl (C=O) groups excluding carboxylic acids is 1. The summed E-state index contributed by atoms with van der Waals surface area (Å²) in [5, 5.41) is 3.02. The largest absolute Gasteiger partial charge is 0.497 e. The maximum Gasteiger partial charge on any atom is 0.224 e. The van der Waals surface area contributed by atoms with Crippen LogP contribution >= 0.6 is 0 Å². The SMILES string of the molecule is COc1cccc(CC(=O)NC[C@@H](C)N2CCOC[C@@H]2C)c1. The smallest absolute Gasteiger partial charge is 0.224 e. The van der Waals surface area contributed by atoms with E-state index < -0.39 is 0 Å². The van der Waals surface area contributed by atoms with E-state index in [1.807, 2.05) is 24.3 Å². The fraction of sp³-hybridized carbons (Fsp3) is 0.588. The lowest BCUT2D eigenvalue weighted by molar-refractivity contribution is -0.120. The van der Waals surface area contributed by atoms with Crippen LogP contribution in [0.25, 0.3) is 0 Å². The Kier molecular flexibility index (Phi) is 6.21. The molecule has 1 aliphatic heterocycles. The molecule has 0 aliphatic carbocycles. The number of nitrogens with zero attached hydrogens (tertiary/aromatic N) is 1. The van der Waals surface area contributed by atoms with E-state index in [1.165, 1.54) is 0 Å². The Hall–Kier alpha value is -1.59. The van der Waals surface area contributed by atoms with Gasteiger partial charge in [0.1, 0.15) is 5.75 Å². The molecule has 2 atom stereocenters. The third kappa shape index (κ3) is 4.71. The highest BCUT2D eigenvalue weighted by molar-refractivity contribution is 5.78. The van der Waals surface area contributed by atoms with Gasteiger partial charge in [-0.25, -0.2) is 0 Å². The van der Waals surface area contributed by atoms with E-state index in [1.54, 1.807) is 7.11 Å². The van der Waals surface area contributed by atoms with Crippen LogP contribution in [0.4, 0.5) is 0 Å². The molecule has 1 saturated heterocycles. The summed E-state index contributed by atoms with van der Waals surface area (Å²) in [6.45, 7) is 7.43. The molecule has 1 aliphatic rings. The fourth-order valence-corrected chi connectivity index (χ4v) is 2.80. The number of morpholine rings is 1. The summed E-state index contributed by atoms with van der Waals surface area (Å²) in [5.41, 5.74) is 0.962. The second kappa shape index (κ2) is 8.15. The standard InChI is InChI=1S/C17H26N2O3/c1-13(19-7-8-22-12-14(19)2)11-18-17(20)10-15-5-4-6-16(9-15)21-3/h4-6,9,13-14H,7-8,10-12H2,1-3H3,(H,18,20)/t13-,14+/m1/s1. The first-order valence-electron chi connectivity index (χ1n) is 7.83. The zero-order valence-electron chi connectivity index (χ0n) is 13.7. The highest BCUT2D eigenvalue weighted by atomic mass is 16.5. The maximum absolute atomic E-state index is 12.1. The van der Waals surface area contributed by atoms with Gasteiger partial charge >= 0.3 is 0 Å². The minimum atomic E-state index is 0.0426. The molecule has 0 saturated carbocycles. The van der Waals surface area contributed by atoms with Crippen LogP contribution in [0.1, 0.15) is 19.4 Å². The fourth-order valence-electron chi connectivity index (χ4n) is 2.80. The molecular formula is C17H26N2O3.